The lowest BCUT2D eigenvalue weighted by atomic mass is 10.2. The fourth-order valence-corrected chi connectivity index (χ4v) is 1.76. The van der Waals surface area contributed by atoms with Crippen molar-refractivity contribution in [3.63, 3.8) is 0 Å². The lowest BCUT2D eigenvalue weighted by molar-refractivity contribution is -0.386. The van der Waals surface area contributed by atoms with Gasteiger partial charge in [-0.05, 0) is 18.6 Å². The summed E-state index contributed by atoms with van der Waals surface area (Å²) in [6.07, 6.45) is 0. The molecule has 92 valence electrons. The zero-order valence-corrected chi connectivity index (χ0v) is 9.87. The van der Waals surface area contributed by atoms with Gasteiger partial charge in [-0.3, -0.25) is 14.9 Å². The molecule has 0 spiro atoms. The Morgan fingerprint density at radius 1 is 1.17 bits per heavy atom. The third kappa shape index (κ3) is 2.29. The van der Waals surface area contributed by atoms with Gasteiger partial charge in [0.25, 0.3) is 0 Å². The van der Waals surface area contributed by atoms with Gasteiger partial charge in [-0.15, -0.1) is 0 Å². The molecule has 1 heterocycles. The predicted molar refractivity (Wildman–Crippen MR) is 67.6 cm³/mol. The van der Waals surface area contributed by atoms with E-state index in [0.717, 1.165) is 5.56 Å². The van der Waals surface area contributed by atoms with Gasteiger partial charge in [0.15, 0.2) is 0 Å². The Balaban J connectivity index is 2.48. The fourth-order valence-electron chi connectivity index (χ4n) is 1.76. The number of rotatable bonds is 3. The van der Waals surface area contributed by atoms with Crippen LogP contribution in [0.3, 0.4) is 0 Å². The standard InChI is InChI=1S/C13H12N2O3/c1-10-7-8-12(15(17)18)13(16)14(10)9-11-5-3-2-4-6-11/h2-8H,9H2,1H3. The van der Waals surface area contributed by atoms with Gasteiger partial charge in [-0.2, -0.15) is 0 Å². The minimum Gasteiger partial charge on any atom is -0.303 e. The molecule has 2 aromatic rings. The lowest BCUT2D eigenvalue weighted by Crippen LogP contribution is -2.24. The molecule has 0 radical (unpaired) electrons. The SMILES string of the molecule is Cc1ccc([N+](=O)[O-])c(=O)n1Cc1ccccc1. The summed E-state index contributed by atoms with van der Waals surface area (Å²) in [7, 11) is 0. The second kappa shape index (κ2) is 4.83. The zero-order chi connectivity index (χ0) is 13.1. The molecule has 0 aliphatic carbocycles. The molecule has 1 aromatic carbocycles. The van der Waals surface area contributed by atoms with E-state index in [0.29, 0.717) is 12.2 Å². The molecule has 0 bridgehead atoms. The number of aromatic nitrogens is 1. The largest absolute Gasteiger partial charge is 0.334 e. The van der Waals surface area contributed by atoms with Gasteiger partial charge in [-0.25, -0.2) is 0 Å². The molecule has 0 fully saturated rings. The van der Waals surface area contributed by atoms with Crippen LogP contribution >= 0.6 is 0 Å². The minimum absolute atomic E-state index is 0.340. The first-order valence-corrected chi connectivity index (χ1v) is 5.48. The van der Waals surface area contributed by atoms with Gasteiger partial charge in [0.1, 0.15) is 0 Å². The summed E-state index contributed by atoms with van der Waals surface area (Å²) in [4.78, 5) is 22.0. The third-order valence-electron chi connectivity index (χ3n) is 2.75. The van der Waals surface area contributed by atoms with Crippen LogP contribution in [-0.4, -0.2) is 9.49 Å². The van der Waals surface area contributed by atoms with Crippen molar-refractivity contribution in [1.29, 1.82) is 0 Å². The van der Waals surface area contributed by atoms with E-state index in [1.807, 2.05) is 30.3 Å². The van der Waals surface area contributed by atoms with Gasteiger partial charge >= 0.3 is 11.2 Å². The molecule has 5 heteroatoms. The molecule has 5 nitrogen and oxygen atoms in total. The monoisotopic (exact) mass is 244 g/mol. The highest BCUT2D eigenvalue weighted by atomic mass is 16.6. The van der Waals surface area contributed by atoms with Crippen molar-refractivity contribution in [3.8, 4) is 0 Å². The molecule has 0 saturated carbocycles. The Hall–Kier alpha value is -2.43. The van der Waals surface area contributed by atoms with Crippen molar-refractivity contribution in [2.75, 3.05) is 0 Å². The minimum atomic E-state index is -0.650. The molecule has 18 heavy (non-hydrogen) atoms. The van der Waals surface area contributed by atoms with Gasteiger partial charge in [-0.1, -0.05) is 30.3 Å². The summed E-state index contributed by atoms with van der Waals surface area (Å²) in [5, 5.41) is 10.7. The van der Waals surface area contributed by atoms with Crippen molar-refractivity contribution < 1.29 is 4.92 Å². The van der Waals surface area contributed by atoms with Crippen LogP contribution in [0.15, 0.2) is 47.3 Å². The summed E-state index contributed by atoms with van der Waals surface area (Å²) in [5.74, 6) is 0. The highest BCUT2D eigenvalue weighted by Crippen LogP contribution is 2.08. The first-order valence-electron chi connectivity index (χ1n) is 5.48. The molecule has 0 atom stereocenters. The molecule has 0 N–H and O–H groups in total. The predicted octanol–water partition coefficient (Wildman–Crippen LogP) is 2.11. The third-order valence-corrected chi connectivity index (χ3v) is 2.75. The van der Waals surface area contributed by atoms with Crippen molar-refractivity contribution in [1.82, 2.24) is 4.57 Å². The molecule has 2 rings (SSSR count). The van der Waals surface area contributed by atoms with E-state index < -0.39 is 16.2 Å². The topological polar surface area (TPSA) is 65.1 Å². The van der Waals surface area contributed by atoms with Crippen LogP contribution in [0, 0.1) is 17.0 Å². The van der Waals surface area contributed by atoms with Crippen molar-refractivity contribution in [3.05, 3.63) is 74.2 Å². The summed E-state index contributed by atoms with van der Waals surface area (Å²) in [5.41, 5.74) is 0.679. The Kier molecular flexibility index (Phi) is 3.23. The quantitative estimate of drug-likeness (QED) is 0.613. The highest BCUT2D eigenvalue weighted by molar-refractivity contribution is 5.29. The summed E-state index contributed by atoms with van der Waals surface area (Å²) < 4.78 is 1.41. The first kappa shape index (κ1) is 12.0. The Labute approximate surface area is 103 Å². The zero-order valence-electron chi connectivity index (χ0n) is 9.87. The average Bonchev–Trinajstić information content (AvgIpc) is 2.35. The number of benzene rings is 1. The average molecular weight is 244 g/mol. The maximum atomic E-state index is 12.0. The second-order valence-corrected chi connectivity index (χ2v) is 3.99. The number of aryl methyl sites for hydroxylation is 1. The molecule has 0 amide bonds. The Morgan fingerprint density at radius 3 is 2.44 bits per heavy atom. The van der Waals surface area contributed by atoms with Crippen molar-refractivity contribution in [2.24, 2.45) is 0 Å². The highest BCUT2D eigenvalue weighted by Gasteiger charge is 2.15. The van der Waals surface area contributed by atoms with E-state index in [9.17, 15) is 14.9 Å². The van der Waals surface area contributed by atoms with Crippen molar-refractivity contribution in [2.45, 2.75) is 13.5 Å². The normalized spacial score (nSPS) is 10.3. The van der Waals surface area contributed by atoms with Gasteiger partial charge in [0.2, 0.25) is 0 Å². The van der Waals surface area contributed by atoms with Gasteiger partial charge in [0, 0.05) is 11.8 Å². The maximum absolute atomic E-state index is 12.0. The molecule has 0 unspecified atom stereocenters. The van der Waals surface area contributed by atoms with Crippen LogP contribution in [-0.2, 0) is 6.54 Å². The fraction of sp³-hybridized carbons (Fsp3) is 0.154. The van der Waals surface area contributed by atoms with E-state index in [2.05, 4.69) is 0 Å². The van der Waals surface area contributed by atoms with Crippen LogP contribution in [0.5, 0.6) is 0 Å². The second-order valence-electron chi connectivity index (χ2n) is 3.99. The first-order chi connectivity index (χ1) is 8.59. The van der Waals surface area contributed by atoms with Crippen LogP contribution in [0.2, 0.25) is 0 Å². The lowest BCUT2D eigenvalue weighted by Gasteiger charge is -2.09. The van der Waals surface area contributed by atoms with E-state index in [-0.39, 0.29) is 0 Å². The van der Waals surface area contributed by atoms with Crippen LogP contribution in [0.1, 0.15) is 11.3 Å². The number of hydrogen-bond donors (Lipinski definition) is 0. The van der Waals surface area contributed by atoms with Crippen LogP contribution in [0.25, 0.3) is 0 Å². The van der Waals surface area contributed by atoms with Crippen LogP contribution < -0.4 is 5.56 Å². The molecule has 0 aliphatic heterocycles. The molecule has 0 saturated heterocycles. The molecule has 0 aliphatic rings. The summed E-state index contributed by atoms with van der Waals surface area (Å²) >= 11 is 0. The van der Waals surface area contributed by atoms with E-state index in [1.165, 1.54) is 10.6 Å². The number of nitro groups is 1. The van der Waals surface area contributed by atoms with E-state index in [1.54, 1.807) is 13.0 Å². The van der Waals surface area contributed by atoms with E-state index >= 15 is 0 Å². The maximum Gasteiger partial charge on any atom is 0.334 e. The van der Waals surface area contributed by atoms with Crippen molar-refractivity contribution >= 4 is 5.69 Å². The Bertz CT molecular complexity index is 632. The summed E-state index contributed by atoms with van der Waals surface area (Å²) in [6.45, 7) is 2.10. The van der Waals surface area contributed by atoms with Gasteiger partial charge in [0.05, 0.1) is 11.5 Å². The summed E-state index contributed by atoms with van der Waals surface area (Å²) in [6, 6.07) is 12.2. The Morgan fingerprint density at radius 2 is 1.83 bits per heavy atom. The molecular formula is C13H12N2O3. The van der Waals surface area contributed by atoms with E-state index in [4.69, 9.17) is 0 Å². The molecule has 1 aromatic heterocycles. The smallest absolute Gasteiger partial charge is 0.303 e. The number of pyridine rings is 1. The number of nitrogens with zero attached hydrogens (tertiary/aromatic N) is 2. The molecular weight excluding hydrogens is 232 g/mol. The van der Waals surface area contributed by atoms with Crippen LogP contribution in [0.4, 0.5) is 5.69 Å². The van der Waals surface area contributed by atoms with Gasteiger partial charge < -0.3 is 4.57 Å². The number of hydrogen-bond acceptors (Lipinski definition) is 3.